The van der Waals surface area contributed by atoms with Crippen molar-refractivity contribution in [3.63, 3.8) is 0 Å². The molecule has 9 atom stereocenters. The van der Waals surface area contributed by atoms with Crippen LogP contribution in [0.5, 0.6) is 0 Å². The van der Waals surface area contributed by atoms with E-state index in [1.165, 1.54) is 0 Å². The molecule has 8 rings (SSSR count). The SMILES string of the molecule is Cc1nc2c(c(=O)n1CCOC1CCC(Cl)CC1C1CC(C)NC3C(C(=O)NS(C)(=O)=O)CSC13)C[C@@H](N1CCC3(CC1)CC3(F)F)CC21CC1. The van der Waals surface area contributed by atoms with Crippen molar-refractivity contribution in [1.29, 1.82) is 0 Å². The molecule has 51 heavy (non-hydrogen) atoms. The number of aryl methyl sites for hydroxylation is 1. The van der Waals surface area contributed by atoms with E-state index in [1.54, 1.807) is 16.3 Å². The van der Waals surface area contributed by atoms with Crippen LogP contribution in [-0.2, 0) is 37.9 Å². The maximum Gasteiger partial charge on any atom is 0.257 e. The van der Waals surface area contributed by atoms with Gasteiger partial charge in [-0.1, -0.05) is 0 Å². The van der Waals surface area contributed by atoms with Gasteiger partial charge in [-0.15, -0.1) is 11.6 Å². The second-order valence-electron chi connectivity index (χ2n) is 17.1. The summed E-state index contributed by atoms with van der Waals surface area (Å²) in [6.07, 6.45) is 9.07. The zero-order valence-corrected chi connectivity index (χ0v) is 32.2. The molecule has 1 amide bonds. The van der Waals surface area contributed by atoms with Crippen molar-refractivity contribution in [2.45, 2.75) is 137 Å². The fourth-order valence-electron chi connectivity index (χ4n) is 10.7. The molecule has 0 radical (unpaired) electrons. The van der Waals surface area contributed by atoms with Crippen LogP contribution >= 0.6 is 23.4 Å². The molecule has 2 N–H and O–H groups in total. The van der Waals surface area contributed by atoms with Crippen LogP contribution < -0.4 is 15.6 Å². The first kappa shape index (κ1) is 36.6. The minimum atomic E-state index is -3.65. The number of rotatable bonds is 8. The molecule has 15 heteroatoms. The lowest BCUT2D eigenvalue weighted by molar-refractivity contribution is -0.123. The molecule has 4 aliphatic carbocycles. The van der Waals surface area contributed by atoms with E-state index in [1.807, 2.05) is 6.92 Å². The fraction of sp³-hybridized carbons (Fsp3) is 0.861. The van der Waals surface area contributed by atoms with Crippen LogP contribution in [0.25, 0.3) is 0 Å². The molecular formula is C36H52ClF2N5O5S2. The van der Waals surface area contributed by atoms with Crippen molar-refractivity contribution < 1.29 is 26.7 Å². The van der Waals surface area contributed by atoms with Crippen molar-refractivity contribution in [2.75, 3.05) is 31.7 Å². The molecule has 10 nitrogen and oxygen atoms in total. The zero-order valence-electron chi connectivity index (χ0n) is 29.8. The van der Waals surface area contributed by atoms with E-state index in [2.05, 4.69) is 21.9 Å². The van der Waals surface area contributed by atoms with Gasteiger partial charge in [0.15, 0.2) is 0 Å². The Labute approximate surface area is 309 Å². The number of halogens is 3. The third-order valence-corrected chi connectivity index (χ3v) is 16.3. The normalized spacial score (nSPS) is 37.9. The Balaban J connectivity index is 0.951. The van der Waals surface area contributed by atoms with Crippen LogP contribution in [0.4, 0.5) is 8.78 Å². The van der Waals surface area contributed by atoms with E-state index in [0.29, 0.717) is 57.1 Å². The van der Waals surface area contributed by atoms with Gasteiger partial charge in [0.05, 0.1) is 37.1 Å². The molecule has 3 saturated carbocycles. The summed E-state index contributed by atoms with van der Waals surface area (Å²) in [4.78, 5) is 34.6. The highest BCUT2D eigenvalue weighted by molar-refractivity contribution is 8.00. The number of hydrogen-bond acceptors (Lipinski definition) is 9. The standard InChI is InChI=1S/C36H52ClF2N5O5S2/c1-20-14-25(30-29(40-20)27(18-50-30)32(45)42-51(3,47)48)24-15-22(37)4-5-28(24)49-13-12-44-21(2)41-31-26(33(44)46)16-23(17-34(31)6-7-34)43-10-8-35(9-11-43)19-36(35,38)39/h20,22-25,27-30,40H,4-19H2,1-3H3,(H,42,45)/t20?,22?,23-,24?,25?,27?,28?,29?,30?/m1/s1. The average molecular weight is 772 g/mol. The summed E-state index contributed by atoms with van der Waals surface area (Å²) in [5.74, 6) is -1.71. The average Bonchev–Trinajstić information content (AvgIpc) is 3.87. The van der Waals surface area contributed by atoms with Crippen molar-refractivity contribution in [2.24, 2.45) is 23.2 Å². The first-order valence-electron chi connectivity index (χ1n) is 19.0. The van der Waals surface area contributed by atoms with Crippen molar-refractivity contribution in [3.8, 4) is 0 Å². The Kier molecular flexibility index (Phi) is 9.46. The first-order valence-corrected chi connectivity index (χ1v) is 22.3. The van der Waals surface area contributed by atoms with Gasteiger partial charge in [-0.25, -0.2) is 22.2 Å². The number of thioether (sulfide) groups is 1. The highest BCUT2D eigenvalue weighted by Gasteiger charge is 2.71. The third kappa shape index (κ3) is 6.82. The second-order valence-corrected chi connectivity index (χ2v) is 20.7. The number of nitrogens with one attached hydrogen (secondary N) is 2. The molecule has 3 saturated heterocycles. The Morgan fingerprint density at radius 3 is 2.55 bits per heavy atom. The number of ether oxygens (including phenoxy) is 1. The smallest absolute Gasteiger partial charge is 0.257 e. The van der Waals surface area contributed by atoms with Crippen molar-refractivity contribution in [1.82, 2.24) is 24.5 Å². The van der Waals surface area contributed by atoms with Gasteiger partial charge in [-0.3, -0.25) is 23.8 Å². The first-order chi connectivity index (χ1) is 24.1. The van der Waals surface area contributed by atoms with E-state index in [0.717, 1.165) is 62.5 Å². The molecule has 8 unspecified atom stereocenters. The predicted octanol–water partition coefficient (Wildman–Crippen LogP) is 3.99. The summed E-state index contributed by atoms with van der Waals surface area (Å²) >= 11 is 8.54. The number of alkyl halides is 3. The number of sulfonamides is 1. The highest BCUT2D eigenvalue weighted by atomic mass is 35.5. The summed E-state index contributed by atoms with van der Waals surface area (Å²) in [5.41, 5.74) is 0.929. The van der Waals surface area contributed by atoms with E-state index < -0.39 is 33.2 Å². The molecule has 1 aromatic rings. The molecule has 4 heterocycles. The van der Waals surface area contributed by atoms with Gasteiger partial charge in [0.1, 0.15) is 5.82 Å². The van der Waals surface area contributed by atoms with E-state index in [9.17, 15) is 26.8 Å². The maximum absolute atomic E-state index is 14.2. The summed E-state index contributed by atoms with van der Waals surface area (Å²) in [5, 5.41) is 3.78. The number of nitrogens with zero attached hydrogens (tertiary/aromatic N) is 3. The van der Waals surface area contributed by atoms with Gasteiger partial charge in [0.2, 0.25) is 15.9 Å². The molecular weight excluding hydrogens is 720 g/mol. The Bertz CT molecular complexity index is 1720. The van der Waals surface area contributed by atoms with E-state index in [-0.39, 0.29) is 64.1 Å². The molecule has 1 aromatic heterocycles. The maximum atomic E-state index is 14.2. The quantitative estimate of drug-likeness (QED) is 0.378. The Morgan fingerprint density at radius 1 is 1.16 bits per heavy atom. The minimum Gasteiger partial charge on any atom is -0.376 e. The van der Waals surface area contributed by atoms with Gasteiger partial charge >= 0.3 is 0 Å². The molecule has 284 valence electrons. The van der Waals surface area contributed by atoms with Crippen LogP contribution in [0.1, 0.15) is 88.2 Å². The lowest BCUT2D eigenvalue weighted by atomic mass is 9.70. The van der Waals surface area contributed by atoms with Crippen molar-refractivity contribution in [3.05, 3.63) is 27.4 Å². The van der Waals surface area contributed by atoms with Crippen molar-refractivity contribution >= 4 is 39.3 Å². The number of hydrogen-bond donors (Lipinski definition) is 2. The van der Waals surface area contributed by atoms with E-state index >= 15 is 0 Å². The molecule has 3 aliphatic heterocycles. The molecule has 0 aromatic carbocycles. The summed E-state index contributed by atoms with van der Waals surface area (Å²) < 4.78 is 62.5. The number of aromatic nitrogens is 2. The molecule has 2 spiro atoms. The predicted molar refractivity (Wildman–Crippen MR) is 193 cm³/mol. The zero-order chi connectivity index (χ0) is 36.1. The Morgan fingerprint density at radius 2 is 1.88 bits per heavy atom. The number of likely N-dealkylation sites (tertiary alicyclic amines) is 1. The number of carbonyl (C=O) groups excluding carboxylic acids is 1. The number of piperidine rings is 2. The third-order valence-electron chi connectivity index (χ3n) is 13.7. The van der Waals surface area contributed by atoms with Crippen LogP contribution in [0, 0.1) is 30.1 Å². The lowest BCUT2D eigenvalue weighted by Gasteiger charge is -2.47. The van der Waals surface area contributed by atoms with Gasteiger partial charge < -0.3 is 10.1 Å². The topological polar surface area (TPSA) is 123 Å². The second kappa shape index (κ2) is 13.2. The van der Waals surface area contributed by atoms with E-state index in [4.69, 9.17) is 21.3 Å². The van der Waals surface area contributed by atoms with Gasteiger partial charge in [0.25, 0.3) is 11.5 Å². The van der Waals surface area contributed by atoms with Crippen LogP contribution in [0.15, 0.2) is 4.79 Å². The molecule has 0 bridgehead atoms. The van der Waals surface area contributed by atoms with Gasteiger partial charge in [-0.05, 0) is 103 Å². The van der Waals surface area contributed by atoms with Gasteiger partial charge in [-0.2, -0.15) is 11.8 Å². The minimum absolute atomic E-state index is 0.0103. The summed E-state index contributed by atoms with van der Waals surface area (Å²) in [6, 6.07) is 0.200. The number of carbonyl (C=O) groups is 1. The monoisotopic (exact) mass is 771 g/mol. The highest BCUT2D eigenvalue weighted by Crippen LogP contribution is 2.66. The largest absolute Gasteiger partial charge is 0.376 e. The lowest BCUT2D eigenvalue weighted by Crippen LogP contribution is -2.58. The van der Waals surface area contributed by atoms with Crippen LogP contribution in [0.2, 0.25) is 0 Å². The number of fused-ring (bicyclic) bond motifs is 3. The van der Waals surface area contributed by atoms with Gasteiger partial charge in [0, 0.05) is 57.3 Å². The molecule has 6 fully saturated rings. The molecule has 7 aliphatic rings. The number of amides is 1. The summed E-state index contributed by atoms with van der Waals surface area (Å²) in [7, 11) is -3.65. The Hall–Kier alpha value is -1.32. The summed E-state index contributed by atoms with van der Waals surface area (Å²) in [6.45, 7) is 6.14. The fourth-order valence-corrected chi connectivity index (χ4v) is 13.4. The van der Waals surface area contributed by atoms with Crippen LogP contribution in [-0.4, -0.2) is 101 Å². The van der Waals surface area contributed by atoms with Crippen LogP contribution in [0.3, 0.4) is 0 Å².